The van der Waals surface area contributed by atoms with Gasteiger partial charge < -0.3 is 10.2 Å². The molecular formula is C15H25N5. The zero-order chi connectivity index (χ0) is 14.2. The van der Waals surface area contributed by atoms with Crippen molar-refractivity contribution in [2.45, 2.75) is 31.8 Å². The molecule has 2 rings (SSSR count). The molecule has 5 nitrogen and oxygen atoms in total. The van der Waals surface area contributed by atoms with Crippen LogP contribution in [0.5, 0.6) is 0 Å². The highest BCUT2D eigenvalue weighted by molar-refractivity contribution is 5.79. The Morgan fingerprint density at radius 1 is 1.35 bits per heavy atom. The first-order chi connectivity index (χ1) is 9.78. The number of hydrogen-bond acceptors (Lipinski definition) is 3. The molecule has 0 amide bonds. The van der Waals surface area contributed by atoms with Crippen molar-refractivity contribution < 1.29 is 0 Å². The van der Waals surface area contributed by atoms with Crippen LogP contribution >= 0.6 is 0 Å². The van der Waals surface area contributed by atoms with Gasteiger partial charge in [0.2, 0.25) is 5.96 Å². The maximum absolute atomic E-state index is 5.44. The molecule has 5 heteroatoms. The highest BCUT2D eigenvalue weighted by Gasteiger charge is 2.21. The molecule has 1 aliphatic carbocycles. The highest BCUT2D eigenvalue weighted by Crippen LogP contribution is 2.18. The summed E-state index contributed by atoms with van der Waals surface area (Å²) in [6.07, 6.45) is 3.47. The number of aliphatic imine (C=N–C) groups is 1. The number of nitrogens with zero attached hydrogens (tertiary/aromatic N) is 2. The Morgan fingerprint density at radius 2 is 2.10 bits per heavy atom. The second kappa shape index (κ2) is 7.87. The predicted octanol–water partition coefficient (Wildman–Crippen LogP) is 1.08. The first kappa shape index (κ1) is 14.8. The van der Waals surface area contributed by atoms with Gasteiger partial charge in [0.15, 0.2) is 0 Å². The van der Waals surface area contributed by atoms with E-state index in [1.807, 2.05) is 6.07 Å². The van der Waals surface area contributed by atoms with Gasteiger partial charge in [-0.25, -0.2) is 5.84 Å². The zero-order valence-electron chi connectivity index (χ0n) is 12.2. The Kier molecular flexibility index (Phi) is 5.83. The smallest absolute Gasteiger partial charge is 0.205 e. The molecule has 1 aromatic carbocycles. The molecule has 0 atom stereocenters. The molecule has 0 radical (unpaired) electrons. The Balaban J connectivity index is 1.63. The van der Waals surface area contributed by atoms with Crippen molar-refractivity contribution in [1.29, 1.82) is 0 Å². The molecule has 0 heterocycles. The Labute approximate surface area is 121 Å². The van der Waals surface area contributed by atoms with Gasteiger partial charge in [-0.15, -0.1) is 0 Å². The van der Waals surface area contributed by atoms with Gasteiger partial charge in [0, 0.05) is 19.1 Å². The van der Waals surface area contributed by atoms with Crippen LogP contribution in [-0.2, 0) is 6.54 Å². The first-order valence-electron chi connectivity index (χ1n) is 7.28. The minimum atomic E-state index is 0.575. The molecule has 0 aromatic heterocycles. The number of nitrogens with two attached hydrogens (primary N) is 1. The molecule has 0 aliphatic heterocycles. The van der Waals surface area contributed by atoms with E-state index in [4.69, 9.17) is 5.84 Å². The fourth-order valence-corrected chi connectivity index (χ4v) is 2.06. The van der Waals surface area contributed by atoms with Gasteiger partial charge in [-0.05, 0) is 38.4 Å². The Hall–Kier alpha value is -1.59. The second-order valence-electron chi connectivity index (χ2n) is 5.37. The van der Waals surface area contributed by atoms with Gasteiger partial charge in [-0.3, -0.25) is 10.4 Å². The van der Waals surface area contributed by atoms with Crippen LogP contribution < -0.4 is 16.6 Å². The normalized spacial score (nSPS) is 15.4. The highest BCUT2D eigenvalue weighted by atomic mass is 15.3. The van der Waals surface area contributed by atoms with E-state index in [9.17, 15) is 0 Å². The van der Waals surface area contributed by atoms with E-state index in [2.05, 4.69) is 51.9 Å². The molecule has 0 saturated heterocycles. The fourth-order valence-electron chi connectivity index (χ4n) is 2.06. The minimum Gasteiger partial charge on any atom is -0.353 e. The summed E-state index contributed by atoms with van der Waals surface area (Å²) in [5, 5.41) is 3.27. The number of rotatable bonds is 7. The van der Waals surface area contributed by atoms with Crippen molar-refractivity contribution >= 4 is 5.96 Å². The zero-order valence-corrected chi connectivity index (χ0v) is 12.2. The van der Waals surface area contributed by atoms with E-state index in [1.54, 1.807) is 0 Å². The topological polar surface area (TPSA) is 65.7 Å². The molecule has 1 saturated carbocycles. The Morgan fingerprint density at radius 3 is 2.75 bits per heavy atom. The van der Waals surface area contributed by atoms with E-state index >= 15 is 0 Å². The third-order valence-corrected chi connectivity index (χ3v) is 3.32. The quantitative estimate of drug-likeness (QED) is 0.229. The molecule has 110 valence electrons. The SMILES string of the molecule is CN(CCCN=C(NN)NC1CC1)Cc1ccccc1. The lowest BCUT2D eigenvalue weighted by molar-refractivity contribution is 0.324. The molecule has 4 N–H and O–H groups in total. The Bertz CT molecular complexity index is 414. The first-order valence-corrected chi connectivity index (χ1v) is 7.28. The van der Waals surface area contributed by atoms with Crippen molar-refractivity contribution in [3.8, 4) is 0 Å². The van der Waals surface area contributed by atoms with Crippen LogP contribution in [-0.4, -0.2) is 37.0 Å². The summed E-state index contributed by atoms with van der Waals surface area (Å²) in [7, 11) is 2.14. The summed E-state index contributed by atoms with van der Waals surface area (Å²) in [5.74, 6) is 6.16. The molecule has 20 heavy (non-hydrogen) atoms. The summed E-state index contributed by atoms with van der Waals surface area (Å²) in [6, 6.07) is 11.1. The van der Waals surface area contributed by atoms with Gasteiger partial charge in [0.05, 0.1) is 0 Å². The summed E-state index contributed by atoms with van der Waals surface area (Å²) < 4.78 is 0. The minimum absolute atomic E-state index is 0.575. The fraction of sp³-hybridized carbons (Fsp3) is 0.533. The van der Waals surface area contributed by atoms with Crippen LogP contribution in [0.3, 0.4) is 0 Å². The summed E-state index contributed by atoms with van der Waals surface area (Å²) in [5.41, 5.74) is 3.97. The molecule has 0 unspecified atom stereocenters. The molecule has 0 spiro atoms. The maximum Gasteiger partial charge on any atom is 0.205 e. The van der Waals surface area contributed by atoms with Crippen LogP contribution in [0, 0.1) is 0 Å². The van der Waals surface area contributed by atoms with Gasteiger partial charge in [0.25, 0.3) is 0 Å². The van der Waals surface area contributed by atoms with Crippen LogP contribution in [0.25, 0.3) is 0 Å². The number of hydrazine groups is 1. The van der Waals surface area contributed by atoms with Gasteiger partial charge in [-0.1, -0.05) is 30.3 Å². The molecule has 0 bridgehead atoms. The second-order valence-corrected chi connectivity index (χ2v) is 5.37. The van der Waals surface area contributed by atoms with E-state index in [0.29, 0.717) is 6.04 Å². The largest absolute Gasteiger partial charge is 0.353 e. The van der Waals surface area contributed by atoms with Crippen molar-refractivity contribution in [2.24, 2.45) is 10.8 Å². The van der Waals surface area contributed by atoms with Crippen LogP contribution in [0.4, 0.5) is 0 Å². The average molecular weight is 275 g/mol. The van der Waals surface area contributed by atoms with Gasteiger partial charge in [0.1, 0.15) is 0 Å². The molecular weight excluding hydrogens is 250 g/mol. The summed E-state index contributed by atoms with van der Waals surface area (Å²) in [6.45, 7) is 2.80. The van der Waals surface area contributed by atoms with Crippen LogP contribution in [0.1, 0.15) is 24.8 Å². The predicted molar refractivity (Wildman–Crippen MR) is 83.2 cm³/mol. The summed E-state index contributed by atoms with van der Waals surface area (Å²) >= 11 is 0. The molecule has 1 aromatic rings. The molecule has 1 fully saturated rings. The van der Waals surface area contributed by atoms with Crippen molar-refractivity contribution in [3.05, 3.63) is 35.9 Å². The standard InChI is InChI=1S/C15H25N5/c1-20(12-13-6-3-2-4-7-13)11-5-10-17-15(19-16)18-14-8-9-14/h2-4,6-7,14H,5,8-12,16H2,1H3,(H2,17,18,19). The lowest BCUT2D eigenvalue weighted by atomic mass is 10.2. The maximum atomic E-state index is 5.44. The number of hydrogen-bond donors (Lipinski definition) is 3. The number of guanidine groups is 1. The van der Waals surface area contributed by atoms with Crippen molar-refractivity contribution in [3.63, 3.8) is 0 Å². The van der Waals surface area contributed by atoms with Crippen LogP contribution in [0.2, 0.25) is 0 Å². The van der Waals surface area contributed by atoms with E-state index in [1.165, 1.54) is 18.4 Å². The third-order valence-electron chi connectivity index (χ3n) is 3.32. The van der Waals surface area contributed by atoms with E-state index in [0.717, 1.165) is 32.0 Å². The summed E-state index contributed by atoms with van der Waals surface area (Å²) in [4.78, 5) is 6.76. The molecule has 1 aliphatic rings. The van der Waals surface area contributed by atoms with E-state index in [-0.39, 0.29) is 0 Å². The van der Waals surface area contributed by atoms with Gasteiger partial charge in [-0.2, -0.15) is 0 Å². The third kappa shape index (κ3) is 5.59. The van der Waals surface area contributed by atoms with Gasteiger partial charge >= 0.3 is 0 Å². The lowest BCUT2D eigenvalue weighted by Gasteiger charge is -2.16. The average Bonchev–Trinajstić information content (AvgIpc) is 3.27. The van der Waals surface area contributed by atoms with Crippen molar-refractivity contribution in [1.82, 2.24) is 15.6 Å². The van der Waals surface area contributed by atoms with Crippen molar-refractivity contribution in [2.75, 3.05) is 20.1 Å². The van der Waals surface area contributed by atoms with E-state index < -0.39 is 0 Å². The monoisotopic (exact) mass is 275 g/mol. The number of benzene rings is 1. The lowest BCUT2D eigenvalue weighted by Crippen LogP contribution is -2.42. The van der Waals surface area contributed by atoms with Crippen LogP contribution in [0.15, 0.2) is 35.3 Å². The number of nitrogens with one attached hydrogen (secondary N) is 2.